The molecule has 3 fully saturated rings. The van der Waals surface area contributed by atoms with Crippen molar-refractivity contribution < 1.29 is 33.0 Å². The Morgan fingerprint density at radius 1 is 0.902 bits per heavy atom. The molecule has 11 nitrogen and oxygen atoms in total. The third-order valence-electron chi connectivity index (χ3n) is 13.5. The SMILES string of the molecule is CCCCCCCCCCCCCCCCCC(=O)Oc1cc(OC2(C)CCC3C(C)(C)C3(c3cccc(C(=O)n4c(=O)c(F)cn(C5CCCO5)c4=O)c3)C2=O)ncc1Cl. The summed E-state index contributed by atoms with van der Waals surface area (Å²) >= 11 is 6.41. The largest absolute Gasteiger partial charge is 0.463 e. The third-order valence-corrected chi connectivity index (χ3v) is 13.7. The molecule has 1 aliphatic heterocycles. The van der Waals surface area contributed by atoms with Crippen LogP contribution in [0.25, 0.3) is 0 Å². The van der Waals surface area contributed by atoms with Crippen LogP contribution in [-0.4, -0.2) is 44.0 Å². The van der Waals surface area contributed by atoms with Crippen molar-refractivity contribution in [2.24, 2.45) is 11.3 Å². The number of ether oxygens (including phenoxy) is 3. The first kappa shape index (κ1) is 46.3. The zero-order chi connectivity index (χ0) is 43.8. The number of carbonyl (C=O) groups is 3. The van der Waals surface area contributed by atoms with Crippen LogP contribution in [0.3, 0.4) is 0 Å². The number of hydrogen-bond donors (Lipinski definition) is 0. The molecule has 3 heterocycles. The molecule has 13 heteroatoms. The zero-order valence-electron chi connectivity index (χ0n) is 36.4. The van der Waals surface area contributed by atoms with Crippen molar-refractivity contribution in [3.63, 3.8) is 0 Å². The van der Waals surface area contributed by atoms with Crippen LogP contribution in [0.1, 0.15) is 178 Å². The van der Waals surface area contributed by atoms with Crippen molar-refractivity contribution >= 4 is 29.3 Å². The van der Waals surface area contributed by atoms with Crippen LogP contribution in [0.2, 0.25) is 5.02 Å². The van der Waals surface area contributed by atoms with E-state index in [2.05, 4.69) is 11.9 Å². The Hall–Kier alpha value is -4.16. The maximum atomic E-state index is 14.9. The van der Waals surface area contributed by atoms with Crippen molar-refractivity contribution in [1.82, 2.24) is 14.1 Å². The molecule has 0 amide bonds. The van der Waals surface area contributed by atoms with E-state index in [1.165, 1.54) is 95.0 Å². The van der Waals surface area contributed by atoms with Crippen LogP contribution in [0.4, 0.5) is 4.39 Å². The van der Waals surface area contributed by atoms with Gasteiger partial charge >= 0.3 is 11.7 Å². The summed E-state index contributed by atoms with van der Waals surface area (Å²) in [7, 11) is 0. The smallest absolute Gasteiger partial charge is 0.340 e. The normalized spacial score (nSPS) is 22.8. The molecule has 0 radical (unpaired) electrons. The average Bonchev–Trinajstić information content (AvgIpc) is 3.48. The molecule has 332 valence electrons. The van der Waals surface area contributed by atoms with Crippen LogP contribution in [0, 0.1) is 17.2 Å². The maximum Gasteiger partial charge on any atom is 0.340 e. The quantitative estimate of drug-likeness (QED) is 0.0714. The number of rotatable bonds is 22. The second-order valence-electron chi connectivity index (χ2n) is 18.1. The Balaban J connectivity index is 1.05. The van der Waals surface area contributed by atoms with E-state index in [-0.39, 0.29) is 44.9 Å². The molecular formula is C48H63ClFN3O8. The molecule has 2 aliphatic carbocycles. The molecule has 1 aromatic carbocycles. The summed E-state index contributed by atoms with van der Waals surface area (Å²) < 4.78 is 33.7. The number of benzene rings is 1. The second kappa shape index (κ2) is 20.4. The number of ketones is 1. The molecule has 61 heavy (non-hydrogen) atoms. The monoisotopic (exact) mass is 863 g/mol. The van der Waals surface area contributed by atoms with Gasteiger partial charge in [0.15, 0.2) is 17.1 Å². The van der Waals surface area contributed by atoms with Gasteiger partial charge in [-0.1, -0.05) is 134 Å². The first-order chi connectivity index (χ1) is 29.3. The molecule has 1 saturated heterocycles. The van der Waals surface area contributed by atoms with E-state index in [0.717, 1.165) is 30.0 Å². The molecule has 0 spiro atoms. The number of nitrogens with zero attached hydrogens (tertiary/aromatic N) is 3. The highest BCUT2D eigenvalue weighted by Crippen LogP contribution is 2.75. The summed E-state index contributed by atoms with van der Waals surface area (Å²) in [5.74, 6) is -2.83. The van der Waals surface area contributed by atoms with E-state index in [1.54, 1.807) is 19.1 Å². The Bertz CT molecular complexity index is 2160. The highest BCUT2D eigenvalue weighted by atomic mass is 35.5. The van der Waals surface area contributed by atoms with Crippen molar-refractivity contribution in [3.05, 3.63) is 85.5 Å². The summed E-state index contributed by atoms with van der Waals surface area (Å²) in [6, 6.07) is 7.72. The van der Waals surface area contributed by atoms with Gasteiger partial charge in [0.2, 0.25) is 11.7 Å². The Morgan fingerprint density at radius 3 is 2.16 bits per heavy atom. The van der Waals surface area contributed by atoms with Gasteiger partial charge in [-0.3, -0.25) is 23.7 Å². The van der Waals surface area contributed by atoms with Gasteiger partial charge in [0.1, 0.15) is 11.3 Å². The van der Waals surface area contributed by atoms with Gasteiger partial charge in [-0.15, -0.1) is 0 Å². The van der Waals surface area contributed by atoms with Crippen LogP contribution in [0.15, 0.2) is 52.3 Å². The number of aromatic nitrogens is 3. The molecule has 4 atom stereocenters. The van der Waals surface area contributed by atoms with E-state index >= 15 is 0 Å². The van der Waals surface area contributed by atoms with Crippen molar-refractivity contribution in [3.8, 4) is 11.6 Å². The molecule has 0 bridgehead atoms. The van der Waals surface area contributed by atoms with Crippen molar-refractivity contribution in [2.45, 2.75) is 173 Å². The fraction of sp³-hybridized carbons (Fsp3) is 0.625. The predicted octanol–water partition coefficient (Wildman–Crippen LogP) is 10.5. The van der Waals surface area contributed by atoms with Gasteiger partial charge in [0.05, 0.1) is 17.8 Å². The van der Waals surface area contributed by atoms with E-state index in [4.69, 9.17) is 25.8 Å². The molecule has 0 N–H and O–H groups in total. The highest BCUT2D eigenvalue weighted by molar-refractivity contribution is 6.32. The fourth-order valence-corrected chi connectivity index (χ4v) is 10.1. The summed E-state index contributed by atoms with van der Waals surface area (Å²) in [5, 5.41) is 0.138. The third kappa shape index (κ3) is 10.1. The van der Waals surface area contributed by atoms with Gasteiger partial charge < -0.3 is 14.2 Å². The lowest BCUT2D eigenvalue weighted by molar-refractivity contribution is -0.140. The van der Waals surface area contributed by atoms with Crippen LogP contribution in [-0.2, 0) is 19.7 Å². The number of unbranched alkanes of at least 4 members (excludes halogenated alkanes) is 14. The number of esters is 1. The molecule has 3 aliphatic rings. The number of halogens is 2. The first-order valence-corrected chi connectivity index (χ1v) is 23.0. The summed E-state index contributed by atoms with van der Waals surface area (Å²) in [4.78, 5) is 72.2. The van der Waals surface area contributed by atoms with E-state index in [9.17, 15) is 28.4 Å². The molecule has 3 aromatic rings. The average molecular weight is 864 g/mol. The highest BCUT2D eigenvalue weighted by Gasteiger charge is 2.79. The minimum atomic E-state index is -1.37. The Labute approximate surface area is 363 Å². The van der Waals surface area contributed by atoms with E-state index < -0.39 is 51.6 Å². The number of hydrogen-bond acceptors (Lipinski definition) is 9. The summed E-state index contributed by atoms with van der Waals surface area (Å²) in [6.45, 7) is 8.30. The molecular weight excluding hydrogens is 801 g/mol. The summed E-state index contributed by atoms with van der Waals surface area (Å²) in [6.07, 6.45) is 22.1. The van der Waals surface area contributed by atoms with E-state index in [1.807, 2.05) is 13.8 Å². The van der Waals surface area contributed by atoms with Gasteiger partial charge in [-0.25, -0.2) is 9.78 Å². The Morgan fingerprint density at radius 2 is 1.54 bits per heavy atom. The fourth-order valence-electron chi connectivity index (χ4n) is 9.97. The number of carbonyl (C=O) groups excluding carboxylic acids is 3. The van der Waals surface area contributed by atoms with Gasteiger partial charge in [0.25, 0.3) is 11.5 Å². The van der Waals surface area contributed by atoms with Crippen LogP contribution in [0.5, 0.6) is 11.6 Å². The van der Waals surface area contributed by atoms with Crippen LogP contribution >= 0.6 is 11.6 Å². The number of Topliss-reactive ketones (excluding diaryl/α,β-unsaturated/α-hetero) is 1. The minimum Gasteiger partial charge on any atom is -0.463 e. The standard InChI is InChI=1S/C48H63ClFN3O8/c1-5-6-7-8-9-10-11-12-13-14-15-16-17-18-19-25-41(54)60-37-30-39(51-31-35(37)49)61-47(4)27-26-38-46(2,3)48(38,44(47)57)34-23-20-22-33(29-34)42(55)53-43(56)36(50)32-52(45(53)58)40-24-21-28-59-40/h20,22-23,29-32,38,40H,5-19,21,24-28H2,1-4H3. The molecule has 2 aromatic heterocycles. The van der Waals surface area contributed by atoms with Crippen molar-refractivity contribution in [1.29, 1.82) is 0 Å². The second-order valence-corrected chi connectivity index (χ2v) is 18.5. The van der Waals surface area contributed by atoms with Gasteiger partial charge in [-0.05, 0) is 68.1 Å². The lowest BCUT2D eigenvalue weighted by Gasteiger charge is -2.37. The molecule has 2 saturated carbocycles. The predicted molar refractivity (Wildman–Crippen MR) is 232 cm³/mol. The Kier molecular flexibility index (Phi) is 15.5. The molecule has 6 rings (SSSR count). The lowest BCUT2D eigenvalue weighted by Crippen LogP contribution is -2.51. The number of pyridine rings is 1. The summed E-state index contributed by atoms with van der Waals surface area (Å²) in [5.41, 5.74) is -4.89. The van der Waals surface area contributed by atoms with Gasteiger partial charge in [-0.2, -0.15) is 8.96 Å². The van der Waals surface area contributed by atoms with Gasteiger partial charge in [0, 0.05) is 24.7 Å². The zero-order valence-corrected chi connectivity index (χ0v) is 37.2. The number of fused-ring (bicyclic) bond motifs is 1. The first-order valence-electron chi connectivity index (χ1n) is 22.7. The minimum absolute atomic E-state index is 0.0480. The van der Waals surface area contributed by atoms with Crippen LogP contribution < -0.4 is 20.7 Å². The molecule has 4 unspecified atom stereocenters. The topological polar surface area (TPSA) is 136 Å². The van der Waals surface area contributed by atoms with Crippen molar-refractivity contribution in [2.75, 3.05) is 6.61 Å². The maximum absolute atomic E-state index is 14.9. The lowest BCUT2D eigenvalue weighted by atomic mass is 9.72. The van der Waals surface area contributed by atoms with E-state index in [0.29, 0.717) is 44.3 Å².